The molecule has 2 nitrogen and oxygen atoms in total. The number of nitrogens with one attached hydrogen (secondary N) is 1. The molecule has 14 heavy (non-hydrogen) atoms. The highest BCUT2D eigenvalue weighted by atomic mass is 35.5. The minimum Gasteiger partial charge on any atom is -0.383 e. The molecule has 0 aromatic rings. The summed E-state index contributed by atoms with van der Waals surface area (Å²) < 4.78 is 5.00. The first kappa shape index (κ1) is 12.3. The first-order valence-electron chi connectivity index (χ1n) is 5.59. The molecule has 0 aromatic heterocycles. The van der Waals surface area contributed by atoms with Crippen molar-refractivity contribution in [3.8, 4) is 0 Å². The van der Waals surface area contributed by atoms with Crippen molar-refractivity contribution in [1.29, 1.82) is 0 Å². The van der Waals surface area contributed by atoms with Crippen LogP contribution in [-0.2, 0) is 4.74 Å². The molecular formula is C11H22ClNO. The Hall–Kier alpha value is 0.210. The van der Waals surface area contributed by atoms with Crippen molar-refractivity contribution in [3.63, 3.8) is 0 Å². The SMILES string of the molecule is COCCNCC1(CCl)CCCCC1. The van der Waals surface area contributed by atoms with Crippen molar-refractivity contribution in [1.82, 2.24) is 5.32 Å². The lowest BCUT2D eigenvalue weighted by molar-refractivity contribution is 0.178. The lowest BCUT2D eigenvalue weighted by Gasteiger charge is -2.35. The van der Waals surface area contributed by atoms with Gasteiger partial charge in [0.15, 0.2) is 0 Å². The maximum absolute atomic E-state index is 6.08. The van der Waals surface area contributed by atoms with Gasteiger partial charge in [-0.15, -0.1) is 11.6 Å². The summed E-state index contributed by atoms with van der Waals surface area (Å²) in [6.07, 6.45) is 6.65. The summed E-state index contributed by atoms with van der Waals surface area (Å²) in [5.41, 5.74) is 0.369. The zero-order valence-electron chi connectivity index (χ0n) is 9.15. The Kier molecular flexibility index (Phi) is 5.83. The molecule has 0 atom stereocenters. The van der Waals surface area contributed by atoms with Gasteiger partial charge in [-0.2, -0.15) is 0 Å². The predicted octanol–water partition coefficient (Wildman–Crippen LogP) is 2.41. The van der Waals surface area contributed by atoms with Crippen LogP contribution in [0.3, 0.4) is 0 Å². The fraction of sp³-hybridized carbons (Fsp3) is 1.00. The van der Waals surface area contributed by atoms with Crippen molar-refractivity contribution in [2.24, 2.45) is 5.41 Å². The van der Waals surface area contributed by atoms with Gasteiger partial charge in [-0.1, -0.05) is 19.3 Å². The molecule has 0 saturated heterocycles. The van der Waals surface area contributed by atoms with Gasteiger partial charge in [-0.05, 0) is 18.3 Å². The van der Waals surface area contributed by atoms with Crippen molar-refractivity contribution < 1.29 is 4.74 Å². The molecule has 0 aliphatic heterocycles. The van der Waals surface area contributed by atoms with E-state index in [4.69, 9.17) is 16.3 Å². The number of alkyl halides is 1. The lowest BCUT2D eigenvalue weighted by Crippen LogP contribution is -2.38. The molecule has 1 fully saturated rings. The zero-order chi connectivity index (χ0) is 10.3. The number of rotatable bonds is 6. The standard InChI is InChI=1S/C11H22ClNO/c1-14-8-7-13-10-11(9-12)5-3-2-4-6-11/h13H,2-10H2,1H3. The van der Waals surface area contributed by atoms with Crippen LogP contribution in [0.2, 0.25) is 0 Å². The van der Waals surface area contributed by atoms with Crippen LogP contribution in [0.1, 0.15) is 32.1 Å². The van der Waals surface area contributed by atoms with Gasteiger partial charge in [0.1, 0.15) is 0 Å². The number of methoxy groups -OCH3 is 1. The summed E-state index contributed by atoms with van der Waals surface area (Å²) in [5.74, 6) is 0.799. The highest BCUT2D eigenvalue weighted by molar-refractivity contribution is 6.18. The topological polar surface area (TPSA) is 21.3 Å². The van der Waals surface area contributed by atoms with Crippen LogP contribution in [0.15, 0.2) is 0 Å². The van der Waals surface area contributed by atoms with E-state index < -0.39 is 0 Å². The highest BCUT2D eigenvalue weighted by Crippen LogP contribution is 2.36. The van der Waals surface area contributed by atoms with Gasteiger partial charge < -0.3 is 10.1 Å². The van der Waals surface area contributed by atoms with Gasteiger partial charge in [0.05, 0.1) is 6.61 Å². The lowest BCUT2D eigenvalue weighted by atomic mass is 9.75. The first-order chi connectivity index (χ1) is 6.83. The Morgan fingerprint density at radius 1 is 1.29 bits per heavy atom. The smallest absolute Gasteiger partial charge is 0.0587 e. The van der Waals surface area contributed by atoms with Crippen LogP contribution in [-0.4, -0.2) is 32.7 Å². The minimum atomic E-state index is 0.369. The van der Waals surface area contributed by atoms with E-state index in [0.29, 0.717) is 5.41 Å². The molecule has 1 aliphatic rings. The Morgan fingerprint density at radius 2 is 2.00 bits per heavy atom. The summed E-state index contributed by atoms with van der Waals surface area (Å²) in [5, 5.41) is 3.44. The van der Waals surface area contributed by atoms with Crippen molar-refractivity contribution in [2.45, 2.75) is 32.1 Å². The zero-order valence-corrected chi connectivity index (χ0v) is 9.91. The summed E-state index contributed by atoms with van der Waals surface area (Å²) >= 11 is 6.08. The fourth-order valence-corrected chi connectivity index (χ4v) is 2.55. The summed E-state index contributed by atoms with van der Waals surface area (Å²) in [4.78, 5) is 0. The molecule has 0 heterocycles. The van der Waals surface area contributed by atoms with Gasteiger partial charge in [-0.25, -0.2) is 0 Å². The van der Waals surface area contributed by atoms with E-state index in [9.17, 15) is 0 Å². The summed E-state index contributed by atoms with van der Waals surface area (Å²) in [6, 6.07) is 0. The molecule has 1 saturated carbocycles. The average Bonchev–Trinajstić information content (AvgIpc) is 2.26. The number of hydrogen-bond acceptors (Lipinski definition) is 2. The summed E-state index contributed by atoms with van der Waals surface area (Å²) in [7, 11) is 1.74. The predicted molar refractivity (Wildman–Crippen MR) is 61.0 cm³/mol. The van der Waals surface area contributed by atoms with Gasteiger partial charge in [0, 0.05) is 26.1 Å². The molecule has 1 N–H and O–H groups in total. The van der Waals surface area contributed by atoms with Crippen LogP contribution >= 0.6 is 11.6 Å². The molecule has 84 valence electrons. The van der Waals surface area contributed by atoms with Gasteiger partial charge in [0.2, 0.25) is 0 Å². The van der Waals surface area contributed by atoms with Crippen molar-refractivity contribution in [2.75, 3.05) is 32.7 Å². The van der Waals surface area contributed by atoms with E-state index in [2.05, 4.69) is 5.32 Å². The highest BCUT2D eigenvalue weighted by Gasteiger charge is 2.30. The molecule has 0 spiro atoms. The molecule has 0 radical (unpaired) electrons. The second kappa shape index (κ2) is 6.65. The quantitative estimate of drug-likeness (QED) is 0.547. The van der Waals surface area contributed by atoms with Gasteiger partial charge >= 0.3 is 0 Å². The van der Waals surface area contributed by atoms with E-state index in [1.54, 1.807) is 7.11 Å². The maximum Gasteiger partial charge on any atom is 0.0587 e. The summed E-state index contributed by atoms with van der Waals surface area (Å²) in [6.45, 7) is 2.79. The van der Waals surface area contributed by atoms with Crippen LogP contribution in [0.4, 0.5) is 0 Å². The van der Waals surface area contributed by atoms with Gasteiger partial charge in [0.25, 0.3) is 0 Å². The van der Waals surface area contributed by atoms with Crippen LogP contribution < -0.4 is 5.32 Å². The van der Waals surface area contributed by atoms with Crippen LogP contribution in [0.5, 0.6) is 0 Å². The normalized spacial score (nSPS) is 21.0. The Balaban J connectivity index is 2.22. The third-order valence-electron chi connectivity index (χ3n) is 3.18. The van der Waals surface area contributed by atoms with Crippen molar-refractivity contribution in [3.05, 3.63) is 0 Å². The Labute approximate surface area is 92.3 Å². The molecular weight excluding hydrogens is 198 g/mol. The fourth-order valence-electron chi connectivity index (χ4n) is 2.19. The van der Waals surface area contributed by atoms with E-state index in [-0.39, 0.29) is 0 Å². The average molecular weight is 220 g/mol. The second-order valence-electron chi connectivity index (χ2n) is 4.36. The van der Waals surface area contributed by atoms with Crippen molar-refractivity contribution >= 4 is 11.6 Å². The molecule has 0 aromatic carbocycles. The first-order valence-corrected chi connectivity index (χ1v) is 6.12. The van der Waals surface area contributed by atoms with E-state index in [1.165, 1.54) is 32.1 Å². The molecule has 1 aliphatic carbocycles. The maximum atomic E-state index is 6.08. The number of halogens is 1. The Morgan fingerprint density at radius 3 is 2.57 bits per heavy atom. The molecule has 0 amide bonds. The molecule has 0 bridgehead atoms. The monoisotopic (exact) mass is 219 g/mol. The third kappa shape index (κ3) is 3.76. The number of ether oxygens (including phenoxy) is 1. The number of hydrogen-bond donors (Lipinski definition) is 1. The molecule has 3 heteroatoms. The molecule has 0 unspecified atom stereocenters. The van der Waals surface area contributed by atoms with Crippen LogP contribution in [0, 0.1) is 5.41 Å². The largest absolute Gasteiger partial charge is 0.383 e. The minimum absolute atomic E-state index is 0.369. The molecule has 1 rings (SSSR count). The van der Waals surface area contributed by atoms with E-state index in [0.717, 1.165) is 25.6 Å². The van der Waals surface area contributed by atoms with E-state index >= 15 is 0 Å². The second-order valence-corrected chi connectivity index (χ2v) is 4.63. The van der Waals surface area contributed by atoms with Crippen LogP contribution in [0.25, 0.3) is 0 Å². The third-order valence-corrected chi connectivity index (χ3v) is 3.75. The van der Waals surface area contributed by atoms with E-state index in [1.807, 2.05) is 0 Å². The Bertz CT molecular complexity index is 146. The van der Waals surface area contributed by atoms with Gasteiger partial charge in [-0.3, -0.25) is 0 Å².